The smallest absolute Gasteiger partial charge is 0.308 e. The molecular formula is C20H30N2O4. The van der Waals surface area contributed by atoms with Crippen LogP contribution in [-0.2, 0) is 16.1 Å². The summed E-state index contributed by atoms with van der Waals surface area (Å²) < 4.78 is 10.6. The van der Waals surface area contributed by atoms with Crippen LogP contribution in [-0.4, -0.2) is 73.4 Å². The molecule has 0 aliphatic carbocycles. The van der Waals surface area contributed by atoms with Crippen LogP contribution >= 0.6 is 0 Å². The van der Waals surface area contributed by atoms with Crippen LogP contribution < -0.4 is 4.74 Å². The van der Waals surface area contributed by atoms with Gasteiger partial charge in [0.25, 0.3) is 0 Å². The van der Waals surface area contributed by atoms with Crippen LogP contribution in [0.25, 0.3) is 0 Å². The highest BCUT2D eigenvalue weighted by Gasteiger charge is 2.26. The van der Waals surface area contributed by atoms with Gasteiger partial charge in [-0.1, -0.05) is 12.1 Å². The molecule has 0 spiro atoms. The Labute approximate surface area is 155 Å². The van der Waals surface area contributed by atoms with E-state index in [4.69, 9.17) is 9.47 Å². The second kappa shape index (κ2) is 9.35. The number of nitrogens with zero attached hydrogens (tertiary/aromatic N) is 2. The maximum Gasteiger partial charge on any atom is 0.308 e. The fourth-order valence-corrected chi connectivity index (χ4v) is 3.59. The van der Waals surface area contributed by atoms with Gasteiger partial charge in [0, 0.05) is 13.1 Å². The molecule has 3 rings (SSSR count). The maximum atomic E-state index is 11.6. The summed E-state index contributed by atoms with van der Waals surface area (Å²) in [6, 6.07) is 8.13. The molecule has 1 aromatic rings. The van der Waals surface area contributed by atoms with Gasteiger partial charge in [-0.25, -0.2) is 0 Å². The van der Waals surface area contributed by atoms with Crippen LogP contribution in [0.4, 0.5) is 0 Å². The molecular weight excluding hydrogens is 332 g/mol. The van der Waals surface area contributed by atoms with Gasteiger partial charge in [-0.2, -0.15) is 0 Å². The lowest BCUT2D eigenvalue weighted by Gasteiger charge is -2.32. The number of carbonyl (C=O) groups is 1. The minimum atomic E-state index is -0.538. The zero-order valence-corrected chi connectivity index (χ0v) is 15.6. The van der Waals surface area contributed by atoms with Crippen molar-refractivity contribution < 1.29 is 19.4 Å². The lowest BCUT2D eigenvalue weighted by Crippen LogP contribution is -2.42. The van der Waals surface area contributed by atoms with Gasteiger partial charge in [0.15, 0.2) is 0 Å². The zero-order valence-electron chi connectivity index (χ0n) is 15.6. The van der Waals surface area contributed by atoms with Crippen LogP contribution in [0.15, 0.2) is 24.3 Å². The molecule has 2 saturated heterocycles. The first-order chi connectivity index (χ1) is 12.6. The summed E-state index contributed by atoms with van der Waals surface area (Å²) in [6.45, 7) is 5.79. The van der Waals surface area contributed by atoms with E-state index < -0.39 is 6.10 Å². The predicted molar refractivity (Wildman–Crippen MR) is 99.0 cm³/mol. The highest BCUT2D eigenvalue weighted by molar-refractivity contribution is 5.72. The zero-order chi connectivity index (χ0) is 18.4. The Morgan fingerprint density at radius 2 is 2.00 bits per heavy atom. The van der Waals surface area contributed by atoms with E-state index in [1.807, 2.05) is 12.1 Å². The van der Waals surface area contributed by atoms with Crippen LogP contribution in [0, 0.1) is 5.92 Å². The molecule has 144 valence electrons. The number of aliphatic hydroxyl groups excluding tert-OH is 1. The predicted octanol–water partition coefficient (Wildman–Crippen LogP) is 1.52. The van der Waals surface area contributed by atoms with Gasteiger partial charge in [0.1, 0.15) is 18.5 Å². The second-order valence-corrected chi connectivity index (χ2v) is 7.34. The van der Waals surface area contributed by atoms with E-state index >= 15 is 0 Å². The number of β-amino-alcohol motifs (C(OH)–C–C–N with tert-alkyl or cyclic N) is 1. The summed E-state index contributed by atoms with van der Waals surface area (Å²) >= 11 is 0. The van der Waals surface area contributed by atoms with Crippen LogP contribution in [0.3, 0.4) is 0 Å². The van der Waals surface area contributed by atoms with Gasteiger partial charge in [-0.3, -0.25) is 9.69 Å². The summed E-state index contributed by atoms with van der Waals surface area (Å²) in [5.74, 6) is 0.692. The first-order valence-corrected chi connectivity index (χ1v) is 9.56. The number of carbonyl (C=O) groups excluding carboxylic acids is 1. The standard InChI is InChI=1S/C20H30N2O4/c1-25-20(24)17-6-10-22(11-7-17)14-18(23)15-26-19-5-2-4-16(12-19)13-21-8-3-9-21/h2,4-5,12,17-18,23H,3,6-11,13-15H2,1H3. The monoisotopic (exact) mass is 362 g/mol. The third kappa shape index (κ3) is 5.43. The molecule has 2 aliphatic heterocycles. The van der Waals surface area contributed by atoms with E-state index in [2.05, 4.69) is 21.9 Å². The lowest BCUT2D eigenvalue weighted by atomic mass is 9.97. The van der Waals surface area contributed by atoms with Crippen molar-refractivity contribution in [2.75, 3.05) is 46.4 Å². The Bertz CT molecular complexity index is 583. The van der Waals surface area contributed by atoms with Gasteiger partial charge < -0.3 is 19.5 Å². The van der Waals surface area contributed by atoms with Crippen molar-refractivity contribution in [1.82, 2.24) is 9.80 Å². The quantitative estimate of drug-likeness (QED) is 0.708. The van der Waals surface area contributed by atoms with E-state index in [1.54, 1.807) is 0 Å². The molecule has 1 aromatic carbocycles. The van der Waals surface area contributed by atoms with Crippen molar-refractivity contribution in [3.63, 3.8) is 0 Å². The Kier molecular flexibility index (Phi) is 6.88. The topological polar surface area (TPSA) is 62.2 Å². The van der Waals surface area contributed by atoms with Gasteiger partial charge in [-0.15, -0.1) is 0 Å². The van der Waals surface area contributed by atoms with E-state index in [0.29, 0.717) is 6.54 Å². The number of piperidine rings is 1. The fourth-order valence-electron chi connectivity index (χ4n) is 3.59. The van der Waals surface area contributed by atoms with Gasteiger partial charge in [-0.05, 0) is 63.1 Å². The number of rotatable bonds is 8. The first-order valence-electron chi connectivity index (χ1n) is 9.56. The largest absolute Gasteiger partial charge is 0.491 e. The molecule has 2 heterocycles. The number of hydrogen-bond acceptors (Lipinski definition) is 6. The summed E-state index contributed by atoms with van der Waals surface area (Å²) in [6.07, 6.45) is 2.33. The number of hydrogen-bond donors (Lipinski definition) is 1. The van der Waals surface area contributed by atoms with Gasteiger partial charge in [0.05, 0.1) is 13.0 Å². The number of aliphatic hydroxyl groups is 1. The van der Waals surface area contributed by atoms with E-state index in [1.165, 1.54) is 32.2 Å². The molecule has 6 nitrogen and oxygen atoms in total. The van der Waals surface area contributed by atoms with E-state index in [-0.39, 0.29) is 18.5 Å². The van der Waals surface area contributed by atoms with Crippen molar-refractivity contribution in [1.29, 1.82) is 0 Å². The van der Waals surface area contributed by atoms with Crippen LogP contribution in [0.5, 0.6) is 5.75 Å². The summed E-state index contributed by atoms with van der Waals surface area (Å²) in [4.78, 5) is 16.2. The third-order valence-electron chi connectivity index (χ3n) is 5.29. The minimum Gasteiger partial charge on any atom is -0.491 e. The molecule has 0 bridgehead atoms. The van der Waals surface area contributed by atoms with Gasteiger partial charge >= 0.3 is 5.97 Å². The van der Waals surface area contributed by atoms with Crippen molar-refractivity contribution in [3.8, 4) is 5.75 Å². The van der Waals surface area contributed by atoms with E-state index in [9.17, 15) is 9.90 Å². The van der Waals surface area contributed by atoms with E-state index in [0.717, 1.165) is 38.2 Å². The Balaban J connectivity index is 1.38. The molecule has 1 atom stereocenters. The Morgan fingerprint density at radius 3 is 2.65 bits per heavy atom. The van der Waals surface area contributed by atoms with Crippen molar-refractivity contribution in [2.45, 2.75) is 31.9 Å². The van der Waals surface area contributed by atoms with Crippen LogP contribution in [0.2, 0.25) is 0 Å². The molecule has 2 aliphatic rings. The Hall–Kier alpha value is -1.63. The lowest BCUT2D eigenvalue weighted by molar-refractivity contribution is -0.147. The number of ether oxygens (including phenoxy) is 2. The number of methoxy groups -OCH3 is 1. The van der Waals surface area contributed by atoms with Gasteiger partial charge in [0.2, 0.25) is 0 Å². The number of likely N-dealkylation sites (tertiary alicyclic amines) is 2. The summed E-state index contributed by atoms with van der Waals surface area (Å²) in [5, 5.41) is 10.3. The van der Waals surface area contributed by atoms with Crippen molar-refractivity contribution in [2.24, 2.45) is 5.92 Å². The third-order valence-corrected chi connectivity index (χ3v) is 5.29. The summed E-state index contributed by atoms with van der Waals surface area (Å²) in [5.41, 5.74) is 1.25. The SMILES string of the molecule is COC(=O)C1CCN(CC(O)COc2cccc(CN3CCC3)c2)CC1. The number of esters is 1. The molecule has 6 heteroatoms. The molecule has 2 fully saturated rings. The molecule has 0 aromatic heterocycles. The minimum absolute atomic E-state index is 0.00112. The summed E-state index contributed by atoms with van der Waals surface area (Å²) in [7, 11) is 1.44. The first kappa shape index (κ1) is 19.1. The molecule has 1 unspecified atom stereocenters. The Morgan fingerprint density at radius 1 is 1.23 bits per heavy atom. The second-order valence-electron chi connectivity index (χ2n) is 7.34. The fraction of sp³-hybridized carbons (Fsp3) is 0.650. The molecule has 26 heavy (non-hydrogen) atoms. The highest BCUT2D eigenvalue weighted by Crippen LogP contribution is 2.20. The maximum absolute atomic E-state index is 11.6. The average molecular weight is 362 g/mol. The average Bonchev–Trinajstić information content (AvgIpc) is 2.63. The number of benzene rings is 1. The van der Waals surface area contributed by atoms with Crippen LogP contribution in [0.1, 0.15) is 24.8 Å². The normalized spacial score (nSPS) is 20.4. The van der Waals surface area contributed by atoms with Crippen molar-refractivity contribution in [3.05, 3.63) is 29.8 Å². The molecule has 0 amide bonds. The highest BCUT2D eigenvalue weighted by atomic mass is 16.5. The van der Waals surface area contributed by atoms with Crippen molar-refractivity contribution >= 4 is 5.97 Å². The molecule has 0 radical (unpaired) electrons. The molecule has 0 saturated carbocycles. The molecule has 1 N–H and O–H groups in total.